The third kappa shape index (κ3) is 47.6. The molecule has 7 atom stereocenters. The third-order valence-electron chi connectivity index (χ3n) is 15.4. The number of amides is 1. The highest BCUT2D eigenvalue weighted by molar-refractivity contribution is 5.76. The smallest absolute Gasteiger partial charge is 0.220 e. The molecule has 0 aromatic rings. The lowest BCUT2D eigenvalue weighted by Crippen LogP contribution is -2.60. The fourth-order valence-corrected chi connectivity index (χ4v) is 10.2. The molecule has 1 aliphatic heterocycles. The molecule has 9 heteroatoms. The van der Waals surface area contributed by atoms with Crippen LogP contribution in [0.25, 0.3) is 0 Å². The molecule has 1 rings (SSSR count). The van der Waals surface area contributed by atoms with Gasteiger partial charge in [0.15, 0.2) is 6.29 Å². The fraction of sp³-hybridized carbons (Fsp3) is 0.761. The molecule has 0 spiro atoms. The maximum Gasteiger partial charge on any atom is 0.220 e. The Hall–Kier alpha value is -2.89. The summed E-state index contributed by atoms with van der Waals surface area (Å²) in [6, 6.07) is -0.820. The molecule has 1 amide bonds. The van der Waals surface area contributed by atoms with Crippen LogP contribution in [0.4, 0.5) is 0 Å². The topological polar surface area (TPSA) is 149 Å². The Morgan fingerprint density at radius 2 is 0.775 bits per heavy atom. The van der Waals surface area contributed by atoms with E-state index >= 15 is 0 Å². The van der Waals surface area contributed by atoms with Crippen LogP contribution in [0.2, 0.25) is 0 Å². The number of hydrogen-bond acceptors (Lipinski definition) is 8. The van der Waals surface area contributed by atoms with E-state index in [2.05, 4.69) is 104 Å². The highest BCUT2D eigenvalue weighted by Gasteiger charge is 2.44. The number of unbranched alkanes of at least 4 members (excludes halogenated alkanes) is 33. The summed E-state index contributed by atoms with van der Waals surface area (Å²) in [6.45, 7) is 3.68. The monoisotopic (exact) mass is 1120 g/mol. The highest BCUT2D eigenvalue weighted by Crippen LogP contribution is 2.23. The fourth-order valence-electron chi connectivity index (χ4n) is 10.2. The van der Waals surface area contributed by atoms with Gasteiger partial charge in [-0.25, -0.2) is 0 Å². The van der Waals surface area contributed by atoms with Crippen molar-refractivity contribution < 1.29 is 39.8 Å². The van der Waals surface area contributed by atoms with E-state index in [0.29, 0.717) is 6.42 Å². The van der Waals surface area contributed by atoms with Crippen LogP contribution in [0.3, 0.4) is 0 Å². The lowest BCUT2D eigenvalue weighted by Gasteiger charge is -2.40. The zero-order valence-corrected chi connectivity index (χ0v) is 51.6. The minimum Gasteiger partial charge on any atom is -0.394 e. The molecule has 0 aliphatic carbocycles. The molecule has 9 nitrogen and oxygen atoms in total. The van der Waals surface area contributed by atoms with Crippen LogP contribution in [0, 0.1) is 0 Å². The molecular weight excluding hydrogens is 995 g/mol. The summed E-state index contributed by atoms with van der Waals surface area (Å²) < 4.78 is 11.3. The Morgan fingerprint density at radius 1 is 0.438 bits per heavy atom. The Balaban J connectivity index is 2.19. The van der Waals surface area contributed by atoms with E-state index in [1.165, 1.54) is 173 Å². The van der Waals surface area contributed by atoms with Gasteiger partial charge >= 0.3 is 0 Å². The van der Waals surface area contributed by atoms with Crippen LogP contribution in [-0.4, -0.2) is 87.5 Å². The summed E-state index contributed by atoms with van der Waals surface area (Å²) in [4.78, 5) is 13.1. The van der Waals surface area contributed by atoms with Crippen molar-refractivity contribution >= 4 is 5.91 Å². The maximum absolute atomic E-state index is 13.1. The van der Waals surface area contributed by atoms with Gasteiger partial charge in [-0.2, -0.15) is 0 Å². The van der Waals surface area contributed by atoms with Gasteiger partial charge in [0.1, 0.15) is 24.4 Å². The van der Waals surface area contributed by atoms with Crippen LogP contribution in [0.1, 0.15) is 290 Å². The first kappa shape index (κ1) is 75.1. The average molecular weight is 1120 g/mol. The van der Waals surface area contributed by atoms with E-state index in [1.54, 1.807) is 6.08 Å². The summed E-state index contributed by atoms with van der Waals surface area (Å²) in [5.74, 6) is -0.189. The summed E-state index contributed by atoms with van der Waals surface area (Å²) in [5.41, 5.74) is 0. The van der Waals surface area contributed by atoms with E-state index in [4.69, 9.17) is 9.47 Å². The predicted molar refractivity (Wildman–Crippen MR) is 341 cm³/mol. The summed E-state index contributed by atoms with van der Waals surface area (Å²) >= 11 is 0. The van der Waals surface area contributed by atoms with Gasteiger partial charge in [0.05, 0.1) is 25.4 Å². The van der Waals surface area contributed by atoms with Gasteiger partial charge in [-0.1, -0.05) is 304 Å². The average Bonchev–Trinajstić information content (AvgIpc) is 3.46. The lowest BCUT2D eigenvalue weighted by atomic mass is 9.99. The van der Waals surface area contributed by atoms with Gasteiger partial charge in [0, 0.05) is 6.42 Å². The molecule has 1 fully saturated rings. The van der Waals surface area contributed by atoms with E-state index < -0.39 is 49.5 Å². The van der Waals surface area contributed by atoms with Crippen LogP contribution in [0.15, 0.2) is 97.2 Å². The minimum atomic E-state index is -1.58. The number of carbonyl (C=O) groups excluding carboxylic acids is 1. The van der Waals surface area contributed by atoms with E-state index in [0.717, 1.165) is 96.3 Å². The number of rotatable bonds is 57. The van der Waals surface area contributed by atoms with Crippen LogP contribution >= 0.6 is 0 Å². The molecular formula is C71H125NO8. The van der Waals surface area contributed by atoms with Gasteiger partial charge in [-0.3, -0.25) is 4.79 Å². The number of allylic oxidation sites excluding steroid dienone is 15. The predicted octanol–water partition coefficient (Wildman–Crippen LogP) is 17.9. The first-order valence-corrected chi connectivity index (χ1v) is 33.5. The quantitative estimate of drug-likeness (QED) is 0.0261. The van der Waals surface area contributed by atoms with Gasteiger partial charge in [0.2, 0.25) is 5.91 Å². The second-order valence-electron chi connectivity index (χ2n) is 22.9. The second-order valence-corrected chi connectivity index (χ2v) is 22.9. The molecule has 0 saturated carbocycles. The van der Waals surface area contributed by atoms with Crippen LogP contribution < -0.4 is 5.32 Å². The van der Waals surface area contributed by atoms with Crippen molar-refractivity contribution in [3.8, 4) is 0 Å². The van der Waals surface area contributed by atoms with Crippen molar-refractivity contribution in [2.24, 2.45) is 0 Å². The first-order valence-electron chi connectivity index (χ1n) is 33.5. The molecule has 0 aromatic heterocycles. The number of nitrogens with one attached hydrogen (secondary N) is 1. The molecule has 1 aliphatic rings. The summed E-state index contributed by atoms with van der Waals surface area (Å²) in [7, 11) is 0. The molecule has 0 bridgehead atoms. The molecule has 1 saturated heterocycles. The first-order chi connectivity index (χ1) is 39.3. The minimum absolute atomic E-state index is 0.189. The maximum atomic E-state index is 13.1. The number of aliphatic hydroxyl groups excluding tert-OH is 5. The molecule has 7 unspecified atom stereocenters. The molecule has 80 heavy (non-hydrogen) atoms. The third-order valence-corrected chi connectivity index (χ3v) is 15.4. The number of aliphatic hydroxyl groups is 5. The Labute approximate surface area is 492 Å². The Bertz CT molecular complexity index is 1580. The van der Waals surface area contributed by atoms with Crippen LogP contribution in [0.5, 0.6) is 0 Å². The van der Waals surface area contributed by atoms with Gasteiger partial charge < -0.3 is 40.3 Å². The van der Waals surface area contributed by atoms with Crippen molar-refractivity contribution in [1.82, 2.24) is 5.32 Å². The molecule has 0 radical (unpaired) electrons. The normalized spacial score (nSPS) is 19.1. The van der Waals surface area contributed by atoms with Crippen molar-refractivity contribution in [3.63, 3.8) is 0 Å². The van der Waals surface area contributed by atoms with E-state index in [9.17, 15) is 30.3 Å². The van der Waals surface area contributed by atoms with Gasteiger partial charge in [0.25, 0.3) is 0 Å². The summed E-state index contributed by atoms with van der Waals surface area (Å²) in [6.07, 6.45) is 79.2. The standard InChI is InChI=1S/C71H125NO8/c1-3-5-7-9-11-13-15-17-19-21-23-25-27-29-31-33-35-37-39-41-43-45-47-49-51-53-55-57-59-61-67(75)72-64(63-79-71-70(78)69(77)68(76)66(62-73)80-71)65(74)60-58-56-54-52-50-48-46-44-42-40-38-36-34-32-30-28-26-24-22-20-18-16-14-12-10-8-6-4-2/h5,7,11,13,17,19,23,25,29,31,35,37,41,43,58,60,64-66,68-71,73-74,76-78H,3-4,6,8-10,12,14-16,18,20-22,24,26-28,30,32-34,36,38-40,42,44-57,59,61-63H2,1-2H3,(H,72,75)/b7-5-,13-11-,19-17-,25-23-,31-29-,37-35-,43-41-,60-58+. The highest BCUT2D eigenvalue weighted by atomic mass is 16.7. The van der Waals surface area contributed by atoms with E-state index in [-0.39, 0.29) is 12.5 Å². The van der Waals surface area contributed by atoms with Crippen molar-refractivity contribution in [3.05, 3.63) is 97.2 Å². The lowest BCUT2D eigenvalue weighted by molar-refractivity contribution is -0.302. The van der Waals surface area contributed by atoms with Crippen molar-refractivity contribution in [2.45, 2.75) is 333 Å². The Kier molecular flexibility index (Phi) is 55.7. The number of carbonyl (C=O) groups is 1. The SMILES string of the molecule is CC/C=C\C/C=C\C/C=C\C/C=C\C/C=C\C/C=C\C/C=C\CCCCCCCCCC(=O)NC(COC1OC(CO)C(O)C(O)C1O)C(O)/C=C/CCCCCCCCCCCCCCCCCCCCCCCCCCCC. The van der Waals surface area contributed by atoms with Crippen LogP contribution in [-0.2, 0) is 14.3 Å². The second kappa shape index (κ2) is 59.3. The number of ether oxygens (including phenoxy) is 2. The Morgan fingerprint density at radius 3 is 1.15 bits per heavy atom. The zero-order chi connectivity index (χ0) is 57.9. The molecule has 0 aromatic carbocycles. The molecule has 1 heterocycles. The summed E-state index contributed by atoms with van der Waals surface area (Å²) in [5, 5.41) is 54.7. The molecule has 462 valence electrons. The van der Waals surface area contributed by atoms with Crippen molar-refractivity contribution in [2.75, 3.05) is 13.2 Å². The van der Waals surface area contributed by atoms with Gasteiger partial charge in [-0.15, -0.1) is 0 Å². The van der Waals surface area contributed by atoms with E-state index in [1.807, 2.05) is 6.08 Å². The van der Waals surface area contributed by atoms with Crippen molar-refractivity contribution in [1.29, 1.82) is 0 Å². The largest absolute Gasteiger partial charge is 0.394 e. The zero-order valence-electron chi connectivity index (χ0n) is 51.6. The molecule has 6 N–H and O–H groups in total. The number of hydrogen-bond donors (Lipinski definition) is 6. The van der Waals surface area contributed by atoms with Gasteiger partial charge in [-0.05, 0) is 77.0 Å².